The number of rotatable bonds is 5. The molecule has 4 nitrogen and oxygen atoms in total. The van der Waals surface area contributed by atoms with Crippen molar-refractivity contribution in [3.63, 3.8) is 0 Å². The van der Waals surface area contributed by atoms with E-state index in [1.807, 2.05) is 25.2 Å². The number of benzene rings is 2. The maximum absolute atomic E-state index is 12.9. The van der Waals surface area contributed by atoms with Crippen molar-refractivity contribution in [1.29, 1.82) is 0 Å². The average molecular weight is 336 g/mol. The van der Waals surface area contributed by atoms with Gasteiger partial charge in [0.1, 0.15) is 0 Å². The molecule has 0 spiro atoms. The fourth-order valence-electron chi connectivity index (χ4n) is 3.21. The lowest BCUT2D eigenvalue weighted by molar-refractivity contribution is 0.0793. The minimum Gasteiger partial charge on any atom is -0.342 e. The topological polar surface area (TPSA) is 40.6 Å². The van der Waals surface area contributed by atoms with E-state index in [2.05, 4.69) is 13.0 Å². The van der Waals surface area contributed by atoms with E-state index in [0.29, 0.717) is 17.7 Å². The molecule has 0 saturated heterocycles. The van der Waals surface area contributed by atoms with Crippen LogP contribution in [0, 0.1) is 0 Å². The number of anilines is 1. The smallest absolute Gasteiger partial charge is 0.258 e. The van der Waals surface area contributed by atoms with E-state index in [-0.39, 0.29) is 11.8 Å². The Hall–Kier alpha value is -2.62. The highest BCUT2D eigenvalue weighted by molar-refractivity contribution is 6.08. The Bertz CT molecular complexity index is 785. The lowest BCUT2D eigenvalue weighted by atomic mass is 10.1. The van der Waals surface area contributed by atoms with Gasteiger partial charge in [0.2, 0.25) is 0 Å². The number of hydrogen-bond acceptors (Lipinski definition) is 2. The van der Waals surface area contributed by atoms with Crippen molar-refractivity contribution >= 4 is 17.5 Å². The van der Waals surface area contributed by atoms with Crippen molar-refractivity contribution in [2.75, 3.05) is 25.0 Å². The molecular weight excluding hydrogens is 312 g/mol. The first-order valence-corrected chi connectivity index (χ1v) is 8.87. The predicted molar refractivity (Wildman–Crippen MR) is 100 cm³/mol. The first kappa shape index (κ1) is 17.2. The maximum atomic E-state index is 12.9. The van der Waals surface area contributed by atoms with Gasteiger partial charge in [-0.05, 0) is 42.7 Å². The van der Waals surface area contributed by atoms with E-state index in [9.17, 15) is 9.59 Å². The van der Waals surface area contributed by atoms with Crippen LogP contribution >= 0.6 is 0 Å². The molecule has 130 valence electrons. The summed E-state index contributed by atoms with van der Waals surface area (Å²) in [6, 6.07) is 15.1. The monoisotopic (exact) mass is 336 g/mol. The van der Waals surface area contributed by atoms with Crippen LogP contribution in [-0.4, -0.2) is 36.9 Å². The van der Waals surface area contributed by atoms with Crippen LogP contribution in [0.25, 0.3) is 0 Å². The fourth-order valence-corrected chi connectivity index (χ4v) is 3.21. The van der Waals surface area contributed by atoms with Crippen LogP contribution in [0.3, 0.4) is 0 Å². The molecule has 1 aliphatic heterocycles. The molecule has 2 aromatic carbocycles. The Morgan fingerprint density at radius 2 is 1.84 bits per heavy atom. The number of amides is 2. The quantitative estimate of drug-likeness (QED) is 0.834. The number of unbranched alkanes of at least 4 members (excludes halogenated alkanes) is 1. The van der Waals surface area contributed by atoms with Gasteiger partial charge in [0.15, 0.2) is 0 Å². The summed E-state index contributed by atoms with van der Waals surface area (Å²) in [6.45, 7) is 3.52. The Balaban J connectivity index is 1.80. The molecule has 0 radical (unpaired) electrons. The van der Waals surface area contributed by atoms with Gasteiger partial charge in [-0.25, -0.2) is 0 Å². The third kappa shape index (κ3) is 3.58. The number of fused-ring (bicyclic) bond motifs is 1. The summed E-state index contributed by atoms with van der Waals surface area (Å²) in [5.74, 6) is -0.0827. The zero-order chi connectivity index (χ0) is 17.8. The molecule has 25 heavy (non-hydrogen) atoms. The summed E-state index contributed by atoms with van der Waals surface area (Å²) in [5.41, 5.74) is 3.30. The third-order valence-corrected chi connectivity index (χ3v) is 4.68. The van der Waals surface area contributed by atoms with E-state index < -0.39 is 0 Å². The molecule has 0 bridgehead atoms. The van der Waals surface area contributed by atoms with Crippen molar-refractivity contribution in [1.82, 2.24) is 4.90 Å². The molecule has 2 aromatic rings. The van der Waals surface area contributed by atoms with Crippen LogP contribution in [0.4, 0.5) is 5.69 Å². The molecule has 0 aliphatic carbocycles. The lowest BCUT2D eigenvalue weighted by Gasteiger charge is -2.19. The van der Waals surface area contributed by atoms with Crippen LogP contribution in [0.5, 0.6) is 0 Å². The largest absolute Gasteiger partial charge is 0.342 e. The second-order valence-electron chi connectivity index (χ2n) is 6.50. The maximum Gasteiger partial charge on any atom is 0.258 e. The predicted octanol–water partition coefficient (Wildman–Crippen LogP) is 3.76. The molecule has 4 heteroatoms. The summed E-state index contributed by atoms with van der Waals surface area (Å²) < 4.78 is 0. The van der Waals surface area contributed by atoms with Crippen LogP contribution in [0.15, 0.2) is 48.5 Å². The number of hydrogen-bond donors (Lipinski definition) is 0. The van der Waals surface area contributed by atoms with Crippen LogP contribution in [0.2, 0.25) is 0 Å². The number of para-hydroxylation sites is 1. The molecule has 0 fully saturated rings. The summed E-state index contributed by atoms with van der Waals surface area (Å²) in [6.07, 6.45) is 2.90. The van der Waals surface area contributed by atoms with Crippen molar-refractivity contribution in [2.45, 2.75) is 26.2 Å². The first-order valence-electron chi connectivity index (χ1n) is 8.87. The molecule has 0 N–H and O–H groups in total. The zero-order valence-corrected chi connectivity index (χ0v) is 14.9. The van der Waals surface area contributed by atoms with Crippen molar-refractivity contribution in [2.24, 2.45) is 0 Å². The summed E-state index contributed by atoms with van der Waals surface area (Å²) >= 11 is 0. The van der Waals surface area contributed by atoms with Gasteiger partial charge in [-0.1, -0.05) is 37.6 Å². The summed E-state index contributed by atoms with van der Waals surface area (Å²) in [5, 5.41) is 0. The molecule has 1 aliphatic rings. The lowest BCUT2D eigenvalue weighted by Crippen LogP contribution is -2.30. The highest BCUT2D eigenvalue weighted by Gasteiger charge is 2.25. The number of carbonyl (C=O) groups is 2. The Morgan fingerprint density at radius 1 is 1.08 bits per heavy atom. The molecule has 0 atom stereocenters. The minimum absolute atomic E-state index is 0.0371. The second-order valence-corrected chi connectivity index (χ2v) is 6.50. The summed E-state index contributed by atoms with van der Waals surface area (Å²) in [7, 11) is 1.81. The minimum atomic E-state index is -0.0455. The average Bonchev–Trinajstić information content (AvgIpc) is 3.09. The second kappa shape index (κ2) is 7.51. The van der Waals surface area contributed by atoms with Crippen LogP contribution in [0.1, 0.15) is 46.0 Å². The highest BCUT2D eigenvalue weighted by atomic mass is 16.2. The molecule has 0 saturated carbocycles. The van der Waals surface area contributed by atoms with Gasteiger partial charge in [-0.3, -0.25) is 9.59 Å². The molecule has 0 unspecified atom stereocenters. The van der Waals surface area contributed by atoms with E-state index in [4.69, 9.17) is 0 Å². The Labute approximate surface area is 149 Å². The van der Waals surface area contributed by atoms with Crippen molar-refractivity contribution < 1.29 is 9.59 Å². The standard InChI is InChI=1S/C21H24N2O2/c1-3-4-13-22(2)20(24)17-9-7-10-18(15-17)21(25)23-14-12-16-8-5-6-11-19(16)23/h5-11,15H,3-4,12-14H2,1-2H3. The normalized spacial score (nSPS) is 12.8. The van der Waals surface area contributed by atoms with Crippen molar-refractivity contribution in [3.8, 4) is 0 Å². The van der Waals surface area contributed by atoms with E-state index in [1.165, 1.54) is 5.56 Å². The Morgan fingerprint density at radius 3 is 2.64 bits per heavy atom. The number of carbonyl (C=O) groups excluding carboxylic acids is 2. The van der Waals surface area contributed by atoms with Crippen LogP contribution < -0.4 is 4.90 Å². The third-order valence-electron chi connectivity index (χ3n) is 4.68. The molecule has 2 amide bonds. The van der Waals surface area contributed by atoms with Gasteiger partial charge in [-0.15, -0.1) is 0 Å². The fraction of sp³-hybridized carbons (Fsp3) is 0.333. The first-order chi connectivity index (χ1) is 12.1. The summed E-state index contributed by atoms with van der Waals surface area (Å²) in [4.78, 5) is 29.0. The number of nitrogens with zero attached hydrogens (tertiary/aromatic N) is 2. The van der Waals surface area contributed by atoms with Gasteiger partial charge in [0, 0.05) is 37.0 Å². The van der Waals surface area contributed by atoms with Gasteiger partial charge in [0.25, 0.3) is 11.8 Å². The highest BCUT2D eigenvalue weighted by Crippen LogP contribution is 2.29. The van der Waals surface area contributed by atoms with Crippen LogP contribution in [-0.2, 0) is 6.42 Å². The van der Waals surface area contributed by atoms with Crippen molar-refractivity contribution in [3.05, 3.63) is 65.2 Å². The van der Waals surface area contributed by atoms with Gasteiger partial charge >= 0.3 is 0 Å². The zero-order valence-electron chi connectivity index (χ0n) is 14.9. The van der Waals surface area contributed by atoms with E-state index in [1.54, 1.807) is 34.1 Å². The van der Waals surface area contributed by atoms with Gasteiger partial charge < -0.3 is 9.80 Å². The molecule has 1 heterocycles. The van der Waals surface area contributed by atoms with E-state index in [0.717, 1.165) is 31.5 Å². The SMILES string of the molecule is CCCCN(C)C(=O)c1cccc(C(=O)N2CCc3ccccc32)c1. The van der Waals surface area contributed by atoms with Gasteiger partial charge in [0.05, 0.1) is 0 Å². The molecule has 3 rings (SSSR count). The van der Waals surface area contributed by atoms with Gasteiger partial charge in [-0.2, -0.15) is 0 Å². The molecule has 0 aromatic heterocycles. The molecular formula is C21H24N2O2. The van der Waals surface area contributed by atoms with E-state index >= 15 is 0 Å². The Kier molecular flexibility index (Phi) is 5.17.